The monoisotopic (exact) mass is 177 g/mol. The summed E-state index contributed by atoms with van der Waals surface area (Å²) in [6, 6.07) is -1.65. The van der Waals surface area contributed by atoms with Crippen LogP contribution in [0.2, 0.25) is 0 Å². The van der Waals surface area contributed by atoms with Gasteiger partial charge in [0.05, 0.1) is 6.61 Å². The molecule has 12 heavy (non-hydrogen) atoms. The molecule has 0 aromatic carbocycles. The maximum atomic E-state index is 9.30. The summed E-state index contributed by atoms with van der Waals surface area (Å²) in [4.78, 5) is 0. The van der Waals surface area contributed by atoms with Crippen molar-refractivity contribution >= 4 is 6.21 Å². The van der Waals surface area contributed by atoms with Gasteiger partial charge in [-0.25, -0.2) is 0 Å². The van der Waals surface area contributed by atoms with E-state index in [1.54, 1.807) is 0 Å². The van der Waals surface area contributed by atoms with Gasteiger partial charge in [-0.1, -0.05) is 0 Å². The van der Waals surface area contributed by atoms with Crippen molar-refractivity contribution in [3.05, 3.63) is 0 Å². The van der Waals surface area contributed by atoms with Crippen molar-refractivity contribution in [1.82, 2.24) is 0 Å². The van der Waals surface area contributed by atoms with E-state index in [0.29, 0.717) is 4.74 Å². The molecule has 0 fully saturated rings. The zero-order valence-electron chi connectivity index (χ0n) is 6.41. The lowest BCUT2D eigenvalue weighted by molar-refractivity contribution is -0.799. The molecule has 6 N–H and O–H groups in total. The Labute approximate surface area is 69.1 Å². The van der Waals surface area contributed by atoms with Crippen LogP contribution in [-0.4, -0.2) is 62.4 Å². The second kappa shape index (κ2) is 3.36. The van der Waals surface area contributed by atoms with Crippen LogP contribution >= 0.6 is 0 Å². The molecule has 0 saturated heterocycles. The second-order valence-electron chi connectivity index (χ2n) is 2.84. The number of hydroxylamine groups is 1. The Balaban J connectivity index is 2.72. The Bertz CT molecular complexity index is 196. The van der Waals surface area contributed by atoms with Crippen LogP contribution in [0.15, 0.2) is 0 Å². The summed E-state index contributed by atoms with van der Waals surface area (Å²) < 4.78 is 0.635. The van der Waals surface area contributed by atoms with Crippen LogP contribution in [0.4, 0.5) is 0 Å². The van der Waals surface area contributed by atoms with E-state index < -0.39 is 30.9 Å². The lowest BCUT2D eigenvalue weighted by Gasteiger charge is -2.14. The van der Waals surface area contributed by atoms with E-state index in [-0.39, 0.29) is 0 Å². The molecule has 0 radical (unpaired) electrons. The van der Waals surface area contributed by atoms with Crippen molar-refractivity contribution in [3.8, 4) is 0 Å². The molecule has 0 aliphatic carbocycles. The minimum Gasteiger partial charge on any atom is -0.393 e. The minimum absolute atomic E-state index is 0.528. The average Bonchev–Trinajstić information content (AvgIpc) is 2.26. The molecule has 4 unspecified atom stereocenters. The first kappa shape index (κ1) is 9.40. The highest BCUT2D eigenvalue weighted by atomic mass is 16.5. The van der Waals surface area contributed by atoms with Gasteiger partial charge in [0.15, 0.2) is 0 Å². The maximum absolute atomic E-state index is 9.30. The van der Waals surface area contributed by atoms with E-state index in [4.69, 9.17) is 21.2 Å². The Morgan fingerprint density at radius 3 is 2.50 bits per heavy atom. The molecule has 1 heterocycles. The van der Waals surface area contributed by atoms with Crippen LogP contribution in [0, 0.1) is 0 Å². The fourth-order valence-electron chi connectivity index (χ4n) is 1.26. The summed E-state index contributed by atoms with van der Waals surface area (Å²) >= 11 is 0. The van der Waals surface area contributed by atoms with Crippen LogP contribution in [0.25, 0.3) is 0 Å². The van der Waals surface area contributed by atoms with Gasteiger partial charge in [-0.3, -0.25) is 5.21 Å². The number of rotatable bonds is 2. The molecule has 70 valence electrons. The molecule has 1 rings (SSSR count). The highest BCUT2D eigenvalue weighted by Gasteiger charge is 2.46. The minimum atomic E-state index is -1.20. The number of nitrogens with zero attached hydrogens (tertiary/aromatic N) is 1. The van der Waals surface area contributed by atoms with Crippen molar-refractivity contribution < 1.29 is 25.3 Å². The molecule has 0 aromatic rings. The van der Waals surface area contributed by atoms with Gasteiger partial charge >= 0.3 is 0 Å². The maximum Gasteiger partial charge on any atom is 0.257 e. The lowest BCUT2D eigenvalue weighted by Crippen LogP contribution is -2.47. The predicted octanol–water partition coefficient (Wildman–Crippen LogP) is -3.12. The largest absolute Gasteiger partial charge is 0.393 e. The second-order valence-corrected chi connectivity index (χ2v) is 2.84. The standard InChI is InChI=1S/C6H13N2O4/c7-3-1-8(12)5(6(3)11)4(10)2-9/h1,3-6,9-12H,2,7H2/q+1. The van der Waals surface area contributed by atoms with Gasteiger partial charge in [0.1, 0.15) is 18.2 Å². The summed E-state index contributed by atoms with van der Waals surface area (Å²) in [7, 11) is 0. The smallest absolute Gasteiger partial charge is 0.257 e. The Morgan fingerprint density at radius 1 is 1.58 bits per heavy atom. The van der Waals surface area contributed by atoms with E-state index in [0.717, 1.165) is 0 Å². The van der Waals surface area contributed by atoms with Crippen LogP contribution in [-0.2, 0) is 0 Å². The molecule has 0 spiro atoms. The quantitative estimate of drug-likeness (QED) is 0.226. The first-order valence-electron chi connectivity index (χ1n) is 3.62. The van der Waals surface area contributed by atoms with E-state index in [2.05, 4.69) is 0 Å². The first-order valence-corrected chi connectivity index (χ1v) is 3.62. The van der Waals surface area contributed by atoms with Crippen LogP contribution in [0.5, 0.6) is 0 Å². The van der Waals surface area contributed by atoms with Crippen LogP contribution in [0.3, 0.4) is 0 Å². The van der Waals surface area contributed by atoms with Gasteiger partial charge in [0, 0.05) is 0 Å². The highest BCUT2D eigenvalue weighted by Crippen LogP contribution is 2.11. The van der Waals surface area contributed by atoms with Gasteiger partial charge in [0.25, 0.3) is 6.04 Å². The molecule has 0 bridgehead atoms. The average molecular weight is 177 g/mol. The zero-order valence-corrected chi connectivity index (χ0v) is 6.41. The van der Waals surface area contributed by atoms with Crippen molar-refractivity contribution in [2.24, 2.45) is 5.73 Å². The Hall–Kier alpha value is -0.690. The third kappa shape index (κ3) is 1.42. The van der Waals surface area contributed by atoms with Crippen molar-refractivity contribution in [2.45, 2.75) is 24.3 Å². The fourth-order valence-corrected chi connectivity index (χ4v) is 1.26. The molecular formula is C6H13N2O4+. The van der Waals surface area contributed by atoms with E-state index in [9.17, 15) is 5.11 Å². The number of aliphatic hydroxyl groups excluding tert-OH is 3. The molecular weight excluding hydrogens is 164 g/mol. The van der Waals surface area contributed by atoms with Crippen LogP contribution < -0.4 is 5.73 Å². The first-order chi connectivity index (χ1) is 5.57. The SMILES string of the molecule is NC1C=[N+](O)C(C(O)CO)C1O. The highest BCUT2D eigenvalue weighted by molar-refractivity contribution is 5.61. The molecule has 1 aliphatic rings. The van der Waals surface area contributed by atoms with Gasteiger partial charge in [-0.15, -0.1) is 0 Å². The summed E-state index contributed by atoms with van der Waals surface area (Å²) in [6.45, 7) is -0.528. The van der Waals surface area contributed by atoms with Crippen LogP contribution in [0.1, 0.15) is 0 Å². The summed E-state index contributed by atoms with van der Waals surface area (Å²) in [5, 5.41) is 36.1. The summed E-state index contributed by atoms with van der Waals surface area (Å²) in [5.74, 6) is 0. The predicted molar refractivity (Wildman–Crippen MR) is 39.0 cm³/mol. The van der Waals surface area contributed by atoms with Gasteiger partial charge in [0.2, 0.25) is 6.21 Å². The molecule has 6 nitrogen and oxygen atoms in total. The molecule has 0 aromatic heterocycles. The zero-order chi connectivity index (χ0) is 9.30. The third-order valence-electron chi connectivity index (χ3n) is 1.96. The van der Waals surface area contributed by atoms with E-state index >= 15 is 0 Å². The van der Waals surface area contributed by atoms with Crippen molar-refractivity contribution in [2.75, 3.05) is 6.61 Å². The van der Waals surface area contributed by atoms with E-state index in [1.807, 2.05) is 0 Å². The topological polar surface area (TPSA) is 110 Å². The Morgan fingerprint density at radius 2 is 2.17 bits per heavy atom. The molecule has 6 heteroatoms. The molecule has 0 saturated carbocycles. The molecule has 4 atom stereocenters. The fraction of sp³-hybridized carbons (Fsp3) is 0.833. The molecule has 0 amide bonds. The summed E-state index contributed by atoms with van der Waals surface area (Å²) in [5.41, 5.74) is 5.35. The number of nitrogens with two attached hydrogens (primary N) is 1. The van der Waals surface area contributed by atoms with Crippen molar-refractivity contribution in [3.63, 3.8) is 0 Å². The van der Waals surface area contributed by atoms with Gasteiger partial charge in [-0.05, 0) is 4.74 Å². The lowest BCUT2D eigenvalue weighted by atomic mass is 10.0. The third-order valence-corrected chi connectivity index (χ3v) is 1.96. The number of hydrogen-bond donors (Lipinski definition) is 5. The van der Waals surface area contributed by atoms with Gasteiger partial charge in [-0.2, -0.15) is 0 Å². The Kier molecular flexibility index (Phi) is 2.63. The normalized spacial score (nSPS) is 38.0. The number of aliphatic hydroxyl groups is 3. The molecule has 1 aliphatic heterocycles. The van der Waals surface area contributed by atoms with Crippen molar-refractivity contribution in [1.29, 1.82) is 0 Å². The summed E-state index contributed by atoms with van der Waals surface area (Å²) in [6.07, 6.45) is -1.07. The van der Waals surface area contributed by atoms with Gasteiger partial charge < -0.3 is 21.1 Å². The van der Waals surface area contributed by atoms with E-state index in [1.165, 1.54) is 6.21 Å². The number of hydrogen-bond acceptors (Lipinski definition) is 5.